The maximum absolute atomic E-state index is 12.1. The van der Waals surface area contributed by atoms with Crippen LogP contribution in [-0.2, 0) is 16.0 Å². The lowest BCUT2D eigenvalue weighted by molar-refractivity contribution is -0.167. The molecular formula is C13H11F3N4O3. The molecule has 23 heavy (non-hydrogen) atoms. The lowest BCUT2D eigenvalue weighted by Crippen LogP contribution is -2.29. The van der Waals surface area contributed by atoms with Crippen molar-refractivity contribution in [3.05, 3.63) is 36.0 Å². The zero-order valence-corrected chi connectivity index (χ0v) is 11.8. The van der Waals surface area contributed by atoms with E-state index in [1.54, 1.807) is 12.2 Å². The number of halogens is 3. The van der Waals surface area contributed by atoms with Gasteiger partial charge in [-0.1, -0.05) is 5.16 Å². The summed E-state index contributed by atoms with van der Waals surface area (Å²) in [6, 6.07) is 5.17. The van der Waals surface area contributed by atoms with E-state index in [1.165, 1.54) is 24.3 Å². The van der Waals surface area contributed by atoms with Gasteiger partial charge < -0.3 is 15.2 Å². The van der Waals surface area contributed by atoms with Gasteiger partial charge in [0.2, 0.25) is 11.8 Å². The number of alkyl halides is 3. The van der Waals surface area contributed by atoms with Crippen molar-refractivity contribution in [2.24, 2.45) is 0 Å². The van der Waals surface area contributed by atoms with Crippen molar-refractivity contribution < 1.29 is 27.3 Å². The molecule has 0 spiro atoms. The number of amides is 2. The number of hydrogen-bond acceptors (Lipinski definition) is 5. The first-order valence-electron chi connectivity index (χ1n) is 6.31. The van der Waals surface area contributed by atoms with Crippen LogP contribution in [0.15, 0.2) is 28.8 Å². The molecule has 7 nitrogen and oxygen atoms in total. The smallest absolute Gasteiger partial charge is 0.340 e. The molecule has 0 saturated heterocycles. The fraction of sp³-hybridized carbons (Fsp3) is 0.231. The van der Waals surface area contributed by atoms with Crippen molar-refractivity contribution in [3.8, 4) is 0 Å². The van der Waals surface area contributed by atoms with Crippen LogP contribution in [-0.4, -0.2) is 28.1 Å². The Labute approximate surface area is 127 Å². The topological polar surface area (TPSA) is 97.1 Å². The molecule has 10 heteroatoms. The van der Waals surface area contributed by atoms with E-state index in [1.807, 2.05) is 0 Å². The molecule has 2 N–H and O–H groups in total. The van der Waals surface area contributed by atoms with Gasteiger partial charge in [-0.25, -0.2) is 0 Å². The first-order chi connectivity index (χ1) is 10.7. The molecule has 0 fully saturated rings. The molecule has 1 aromatic carbocycles. The van der Waals surface area contributed by atoms with Crippen LogP contribution in [0.4, 0.5) is 24.5 Å². The Morgan fingerprint density at radius 3 is 2.17 bits per heavy atom. The van der Waals surface area contributed by atoms with Gasteiger partial charge >= 0.3 is 12.1 Å². The van der Waals surface area contributed by atoms with Crippen LogP contribution in [0.1, 0.15) is 11.7 Å². The van der Waals surface area contributed by atoms with E-state index in [0.29, 0.717) is 11.6 Å². The second-order valence-corrected chi connectivity index (χ2v) is 4.48. The normalized spacial score (nSPS) is 11.1. The van der Waals surface area contributed by atoms with Gasteiger partial charge in [-0.2, -0.15) is 18.2 Å². The van der Waals surface area contributed by atoms with Crippen LogP contribution in [0, 0.1) is 6.92 Å². The third-order valence-electron chi connectivity index (χ3n) is 2.57. The lowest BCUT2D eigenvalue weighted by Gasteiger charge is -2.09. The fourth-order valence-corrected chi connectivity index (χ4v) is 1.60. The van der Waals surface area contributed by atoms with Gasteiger partial charge in [0.25, 0.3) is 0 Å². The van der Waals surface area contributed by atoms with Crippen LogP contribution in [0.5, 0.6) is 0 Å². The maximum Gasteiger partial charge on any atom is 0.471 e. The molecule has 2 amide bonds. The van der Waals surface area contributed by atoms with E-state index < -0.39 is 18.0 Å². The molecule has 0 aliphatic rings. The zero-order valence-electron chi connectivity index (χ0n) is 11.8. The molecule has 0 saturated carbocycles. The number of anilines is 2. The number of nitrogens with one attached hydrogen (secondary N) is 2. The Balaban J connectivity index is 1.92. The van der Waals surface area contributed by atoms with Crippen LogP contribution in [0.2, 0.25) is 0 Å². The predicted molar refractivity (Wildman–Crippen MR) is 72.5 cm³/mol. The molecule has 1 aromatic heterocycles. The van der Waals surface area contributed by atoms with Crippen molar-refractivity contribution in [2.45, 2.75) is 19.5 Å². The van der Waals surface area contributed by atoms with Crippen molar-refractivity contribution in [1.82, 2.24) is 10.1 Å². The maximum atomic E-state index is 12.1. The zero-order chi connectivity index (χ0) is 17.0. The molecule has 2 aromatic rings. The van der Waals surface area contributed by atoms with Gasteiger partial charge in [0.1, 0.15) is 0 Å². The minimum absolute atomic E-state index is 0.0425. The highest BCUT2D eigenvalue weighted by Crippen LogP contribution is 2.19. The van der Waals surface area contributed by atoms with E-state index in [-0.39, 0.29) is 17.9 Å². The molecule has 122 valence electrons. The number of benzene rings is 1. The average Bonchev–Trinajstić information content (AvgIpc) is 2.85. The predicted octanol–water partition coefficient (Wildman–Crippen LogP) is 2.06. The van der Waals surface area contributed by atoms with Crippen molar-refractivity contribution in [2.75, 3.05) is 10.6 Å². The molecular weight excluding hydrogens is 317 g/mol. The summed E-state index contributed by atoms with van der Waals surface area (Å²) in [4.78, 5) is 26.4. The Morgan fingerprint density at radius 2 is 1.70 bits per heavy atom. The summed E-state index contributed by atoms with van der Waals surface area (Å²) in [6.45, 7) is 1.59. The molecule has 0 aliphatic carbocycles. The Bertz CT molecular complexity index is 710. The summed E-state index contributed by atoms with van der Waals surface area (Å²) in [7, 11) is 0. The second-order valence-electron chi connectivity index (χ2n) is 4.48. The SMILES string of the molecule is Cc1nc(CC(=O)Nc2ccc(NC(=O)C(F)(F)F)cc2)no1. The number of carbonyl (C=O) groups is 2. The van der Waals surface area contributed by atoms with Gasteiger partial charge in [-0.05, 0) is 24.3 Å². The van der Waals surface area contributed by atoms with Crippen molar-refractivity contribution >= 4 is 23.2 Å². The average molecular weight is 328 g/mol. The summed E-state index contributed by atoms with van der Waals surface area (Å²) in [5.41, 5.74) is 0.305. The van der Waals surface area contributed by atoms with Crippen LogP contribution < -0.4 is 10.6 Å². The minimum atomic E-state index is -4.96. The highest BCUT2D eigenvalue weighted by molar-refractivity contribution is 5.95. The van der Waals surface area contributed by atoms with Crippen LogP contribution in [0.3, 0.4) is 0 Å². The second kappa shape index (κ2) is 6.46. The monoisotopic (exact) mass is 328 g/mol. The molecule has 0 radical (unpaired) electrons. The van der Waals surface area contributed by atoms with Crippen molar-refractivity contribution in [3.63, 3.8) is 0 Å². The molecule has 0 unspecified atom stereocenters. The third kappa shape index (κ3) is 4.80. The first-order valence-corrected chi connectivity index (χ1v) is 6.31. The minimum Gasteiger partial charge on any atom is -0.340 e. The van der Waals surface area contributed by atoms with Gasteiger partial charge in [0, 0.05) is 18.3 Å². The molecule has 2 rings (SSSR count). The van der Waals surface area contributed by atoms with E-state index in [9.17, 15) is 22.8 Å². The summed E-state index contributed by atoms with van der Waals surface area (Å²) < 4.78 is 41.0. The van der Waals surface area contributed by atoms with E-state index in [4.69, 9.17) is 4.52 Å². The number of aromatic nitrogens is 2. The van der Waals surface area contributed by atoms with Crippen LogP contribution in [0.25, 0.3) is 0 Å². The summed E-state index contributed by atoms with van der Waals surface area (Å²) >= 11 is 0. The third-order valence-corrected chi connectivity index (χ3v) is 2.57. The fourth-order valence-electron chi connectivity index (χ4n) is 1.60. The number of nitrogens with zero attached hydrogens (tertiary/aromatic N) is 2. The van der Waals surface area contributed by atoms with Gasteiger partial charge in [0.05, 0.1) is 6.42 Å². The molecule has 1 heterocycles. The van der Waals surface area contributed by atoms with Crippen LogP contribution >= 0.6 is 0 Å². The Kier molecular flexibility index (Phi) is 4.63. The van der Waals surface area contributed by atoms with E-state index >= 15 is 0 Å². The number of aryl methyl sites for hydroxylation is 1. The van der Waals surface area contributed by atoms with Gasteiger partial charge in [-0.15, -0.1) is 0 Å². The van der Waals surface area contributed by atoms with E-state index in [2.05, 4.69) is 15.5 Å². The molecule has 0 aliphatic heterocycles. The Hall–Kier alpha value is -2.91. The number of carbonyl (C=O) groups excluding carboxylic acids is 2. The summed E-state index contributed by atoms with van der Waals surface area (Å²) in [5, 5.41) is 7.78. The van der Waals surface area contributed by atoms with Gasteiger partial charge in [-0.3, -0.25) is 9.59 Å². The van der Waals surface area contributed by atoms with Crippen molar-refractivity contribution in [1.29, 1.82) is 0 Å². The highest BCUT2D eigenvalue weighted by Gasteiger charge is 2.38. The van der Waals surface area contributed by atoms with E-state index in [0.717, 1.165) is 0 Å². The first kappa shape index (κ1) is 16.5. The molecule has 0 atom stereocenters. The summed E-state index contributed by atoms with van der Waals surface area (Å²) in [5.74, 6) is -1.94. The standard InChI is InChI=1S/C13H11F3N4O3/c1-7-17-10(20-23-7)6-11(21)18-8-2-4-9(5-3-8)19-12(22)13(14,15)16/h2-5H,6H2,1H3,(H,18,21)(H,19,22). The quantitative estimate of drug-likeness (QED) is 0.895. The lowest BCUT2D eigenvalue weighted by atomic mass is 10.2. The largest absolute Gasteiger partial charge is 0.471 e. The number of hydrogen-bond donors (Lipinski definition) is 2. The number of rotatable bonds is 4. The summed E-state index contributed by atoms with van der Waals surface area (Å²) in [6.07, 6.45) is -5.07. The highest BCUT2D eigenvalue weighted by atomic mass is 19.4. The van der Waals surface area contributed by atoms with Gasteiger partial charge in [0.15, 0.2) is 5.82 Å². The molecule has 0 bridgehead atoms. The Morgan fingerprint density at radius 1 is 1.13 bits per heavy atom.